The number of carbonyl (C=O) groups is 2. The number of para-hydroxylation sites is 1. The summed E-state index contributed by atoms with van der Waals surface area (Å²) in [6, 6.07) is 11.3. The van der Waals surface area contributed by atoms with Crippen LogP contribution in [-0.4, -0.2) is 31.3 Å². The van der Waals surface area contributed by atoms with Crippen LogP contribution in [0.25, 0.3) is 0 Å². The molecule has 0 unspecified atom stereocenters. The predicted molar refractivity (Wildman–Crippen MR) is 97.9 cm³/mol. The van der Waals surface area contributed by atoms with Gasteiger partial charge in [0.25, 0.3) is 5.76 Å². The molecule has 0 aliphatic carbocycles. The number of nitrogens with one attached hydrogen (secondary N) is 2. The fourth-order valence-corrected chi connectivity index (χ4v) is 2.79. The normalized spacial score (nSPS) is 10.5. The quantitative estimate of drug-likeness (QED) is 0.558. The molecular formula is C18H18F2N2O3S. The van der Waals surface area contributed by atoms with Gasteiger partial charge in [0.1, 0.15) is 0 Å². The molecule has 0 fully saturated rings. The van der Waals surface area contributed by atoms with Crippen LogP contribution < -0.4 is 10.6 Å². The fourth-order valence-electron chi connectivity index (χ4n) is 2.20. The van der Waals surface area contributed by atoms with Crippen molar-refractivity contribution >= 4 is 35.0 Å². The van der Waals surface area contributed by atoms with Crippen molar-refractivity contribution in [3.05, 3.63) is 53.6 Å². The molecule has 2 N–H and O–H groups in total. The maximum absolute atomic E-state index is 12.6. The van der Waals surface area contributed by atoms with E-state index >= 15 is 0 Å². The highest BCUT2D eigenvalue weighted by molar-refractivity contribution is 7.99. The van der Waals surface area contributed by atoms with Gasteiger partial charge in [-0.15, -0.1) is 0 Å². The summed E-state index contributed by atoms with van der Waals surface area (Å²) < 4.78 is 29.8. The van der Waals surface area contributed by atoms with Crippen molar-refractivity contribution in [3.8, 4) is 0 Å². The van der Waals surface area contributed by atoms with Gasteiger partial charge in [0, 0.05) is 10.6 Å². The molecule has 0 aromatic heterocycles. The van der Waals surface area contributed by atoms with Gasteiger partial charge in [0.05, 0.1) is 24.9 Å². The van der Waals surface area contributed by atoms with Crippen LogP contribution in [0.4, 0.5) is 20.2 Å². The van der Waals surface area contributed by atoms with Crippen LogP contribution in [0.2, 0.25) is 0 Å². The molecule has 8 heteroatoms. The number of methoxy groups -OCH3 is 1. The Morgan fingerprint density at radius 2 is 1.88 bits per heavy atom. The molecule has 0 atom stereocenters. The topological polar surface area (TPSA) is 67.4 Å². The third kappa shape index (κ3) is 5.45. The standard InChI is InChI=1S/C18H18F2N2O3S/c1-11-7-8-12(17(24)25-2)9-14(11)21-10-16(23)22-13-5-3-4-6-15(13)26-18(19)20/h3-9,18,21H,10H2,1-2H3,(H,22,23). The molecule has 5 nitrogen and oxygen atoms in total. The minimum atomic E-state index is -2.57. The number of thioether (sulfide) groups is 1. The summed E-state index contributed by atoms with van der Waals surface area (Å²) in [5.41, 5.74) is 2.14. The van der Waals surface area contributed by atoms with E-state index in [9.17, 15) is 18.4 Å². The molecule has 0 spiro atoms. The summed E-state index contributed by atoms with van der Waals surface area (Å²) in [5.74, 6) is -3.44. The lowest BCUT2D eigenvalue weighted by Crippen LogP contribution is -2.22. The molecule has 0 heterocycles. The molecule has 0 aliphatic heterocycles. The molecule has 0 bridgehead atoms. The molecule has 2 rings (SSSR count). The number of esters is 1. The Hall–Kier alpha value is -2.61. The number of rotatable bonds is 7. The lowest BCUT2D eigenvalue weighted by atomic mass is 10.1. The Bertz CT molecular complexity index is 800. The summed E-state index contributed by atoms with van der Waals surface area (Å²) in [6.45, 7) is 1.75. The largest absolute Gasteiger partial charge is 0.465 e. The number of alkyl halides is 2. The fraction of sp³-hybridized carbons (Fsp3) is 0.222. The maximum atomic E-state index is 12.6. The van der Waals surface area contributed by atoms with E-state index in [1.807, 2.05) is 6.92 Å². The van der Waals surface area contributed by atoms with E-state index in [0.717, 1.165) is 5.56 Å². The summed E-state index contributed by atoms with van der Waals surface area (Å²) in [6.07, 6.45) is 0. The van der Waals surface area contributed by atoms with E-state index in [1.54, 1.807) is 36.4 Å². The summed E-state index contributed by atoms with van der Waals surface area (Å²) in [4.78, 5) is 24.0. The lowest BCUT2D eigenvalue weighted by Gasteiger charge is -2.13. The second-order valence-corrected chi connectivity index (χ2v) is 6.33. The van der Waals surface area contributed by atoms with Crippen molar-refractivity contribution in [1.82, 2.24) is 0 Å². The van der Waals surface area contributed by atoms with Crippen molar-refractivity contribution in [3.63, 3.8) is 0 Å². The van der Waals surface area contributed by atoms with E-state index in [0.29, 0.717) is 33.6 Å². The molecule has 0 radical (unpaired) electrons. The zero-order valence-electron chi connectivity index (χ0n) is 14.2. The first-order valence-corrected chi connectivity index (χ1v) is 8.55. The third-order valence-corrected chi connectivity index (χ3v) is 4.26. The molecule has 0 aliphatic rings. The van der Waals surface area contributed by atoms with E-state index in [1.165, 1.54) is 13.2 Å². The highest BCUT2D eigenvalue weighted by Gasteiger charge is 2.13. The van der Waals surface area contributed by atoms with Gasteiger partial charge < -0.3 is 15.4 Å². The van der Waals surface area contributed by atoms with Gasteiger partial charge in [0.15, 0.2) is 0 Å². The monoisotopic (exact) mass is 380 g/mol. The molecule has 2 aromatic rings. The highest BCUT2D eigenvalue weighted by Crippen LogP contribution is 2.31. The number of halogens is 2. The van der Waals surface area contributed by atoms with E-state index in [2.05, 4.69) is 15.4 Å². The van der Waals surface area contributed by atoms with E-state index in [4.69, 9.17) is 0 Å². The Morgan fingerprint density at radius 3 is 2.58 bits per heavy atom. The van der Waals surface area contributed by atoms with Gasteiger partial charge in [-0.3, -0.25) is 4.79 Å². The smallest absolute Gasteiger partial charge is 0.337 e. The Labute approximate surface area is 154 Å². The Kier molecular flexibility index (Phi) is 6.97. The highest BCUT2D eigenvalue weighted by atomic mass is 32.2. The number of aryl methyl sites for hydroxylation is 1. The zero-order valence-corrected chi connectivity index (χ0v) is 15.0. The SMILES string of the molecule is COC(=O)c1ccc(C)c(NCC(=O)Nc2ccccc2SC(F)F)c1. The molecule has 2 aromatic carbocycles. The first-order valence-electron chi connectivity index (χ1n) is 7.67. The number of benzene rings is 2. The van der Waals surface area contributed by atoms with Crippen molar-refractivity contribution in [2.45, 2.75) is 17.6 Å². The van der Waals surface area contributed by atoms with Crippen LogP contribution in [-0.2, 0) is 9.53 Å². The van der Waals surface area contributed by atoms with Crippen LogP contribution in [0.1, 0.15) is 15.9 Å². The van der Waals surface area contributed by atoms with Crippen molar-refractivity contribution in [1.29, 1.82) is 0 Å². The first kappa shape index (κ1) is 19.7. The third-order valence-electron chi connectivity index (χ3n) is 3.48. The number of hydrogen-bond acceptors (Lipinski definition) is 5. The van der Waals surface area contributed by atoms with Gasteiger partial charge >= 0.3 is 5.97 Å². The molecule has 138 valence electrons. The van der Waals surface area contributed by atoms with Crippen molar-refractivity contribution in [2.24, 2.45) is 0 Å². The minimum absolute atomic E-state index is 0.0842. The van der Waals surface area contributed by atoms with E-state index < -0.39 is 17.6 Å². The maximum Gasteiger partial charge on any atom is 0.337 e. The average Bonchev–Trinajstić information content (AvgIpc) is 2.61. The zero-order chi connectivity index (χ0) is 19.1. The van der Waals surface area contributed by atoms with Crippen LogP contribution in [0.5, 0.6) is 0 Å². The molecular weight excluding hydrogens is 362 g/mol. The second kappa shape index (κ2) is 9.19. The number of hydrogen-bond donors (Lipinski definition) is 2. The van der Waals surface area contributed by atoms with Crippen LogP contribution in [0, 0.1) is 6.92 Å². The molecule has 0 saturated carbocycles. The van der Waals surface area contributed by atoms with Gasteiger partial charge in [-0.1, -0.05) is 30.0 Å². The van der Waals surface area contributed by atoms with Crippen LogP contribution in [0.15, 0.2) is 47.4 Å². The predicted octanol–water partition coefficient (Wildman–Crippen LogP) is 4.15. The van der Waals surface area contributed by atoms with Crippen LogP contribution >= 0.6 is 11.8 Å². The van der Waals surface area contributed by atoms with Gasteiger partial charge in [0.2, 0.25) is 5.91 Å². The Balaban J connectivity index is 2.03. The second-order valence-electron chi connectivity index (χ2n) is 5.30. The number of ether oxygens (including phenoxy) is 1. The molecule has 0 saturated heterocycles. The van der Waals surface area contributed by atoms with E-state index in [-0.39, 0.29) is 6.54 Å². The first-order chi connectivity index (χ1) is 12.4. The Morgan fingerprint density at radius 1 is 1.15 bits per heavy atom. The molecule has 1 amide bonds. The van der Waals surface area contributed by atoms with Gasteiger partial charge in [-0.25, -0.2) is 4.79 Å². The van der Waals surface area contributed by atoms with Crippen molar-refractivity contribution < 1.29 is 23.1 Å². The summed E-state index contributed by atoms with van der Waals surface area (Å²) in [7, 11) is 1.29. The lowest BCUT2D eigenvalue weighted by molar-refractivity contribution is -0.114. The number of anilines is 2. The van der Waals surface area contributed by atoms with Gasteiger partial charge in [-0.2, -0.15) is 8.78 Å². The minimum Gasteiger partial charge on any atom is -0.465 e. The average molecular weight is 380 g/mol. The van der Waals surface area contributed by atoms with Gasteiger partial charge in [-0.05, 0) is 36.8 Å². The summed E-state index contributed by atoms with van der Waals surface area (Å²) in [5, 5.41) is 5.54. The van der Waals surface area contributed by atoms with Crippen LogP contribution in [0.3, 0.4) is 0 Å². The molecule has 26 heavy (non-hydrogen) atoms. The summed E-state index contributed by atoms with van der Waals surface area (Å²) >= 11 is 0.372. The number of carbonyl (C=O) groups excluding carboxylic acids is 2. The van der Waals surface area contributed by atoms with Crippen molar-refractivity contribution in [2.75, 3.05) is 24.3 Å². The number of amides is 1.